The van der Waals surface area contributed by atoms with Crippen LogP contribution >= 0.6 is 0 Å². The molecule has 4 aromatic rings. The minimum absolute atomic E-state index is 0.00816. The minimum atomic E-state index is -0.468. The van der Waals surface area contributed by atoms with Crippen LogP contribution in [0.25, 0.3) is 0 Å². The molecule has 6 rings (SSSR count). The summed E-state index contributed by atoms with van der Waals surface area (Å²) < 4.78 is 25.4. The van der Waals surface area contributed by atoms with Gasteiger partial charge in [0.15, 0.2) is 0 Å². The van der Waals surface area contributed by atoms with Crippen LogP contribution in [0.5, 0.6) is 11.5 Å². The number of benzene rings is 4. The summed E-state index contributed by atoms with van der Waals surface area (Å²) in [5.74, 6) is 0.616. The van der Waals surface area contributed by atoms with E-state index in [0.29, 0.717) is 17.7 Å². The third-order valence-electron chi connectivity index (χ3n) is 6.54. The molecule has 0 unspecified atom stereocenters. The van der Waals surface area contributed by atoms with Crippen molar-refractivity contribution in [1.29, 1.82) is 0 Å². The zero-order valence-electron chi connectivity index (χ0n) is 19.6. The van der Waals surface area contributed by atoms with Gasteiger partial charge in [-0.25, -0.2) is 14.2 Å². The summed E-state index contributed by atoms with van der Waals surface area (Å²) >= 11 is 0. The number of esters is 1. The van der Waals surface area contributed by atoms with E-state index in [1.54, 1.807) is 36.4 Å². The topological polar surface area (TPSA) is 51.1 Å². The molecule has 2 heterocycles. The fraction of sp³-hybridized carbons (Fsp3) is 0.133. The lowest BCUT2D eigenvalue weighted by atomic mass is 9.96. The van der Waals surface area contributed by atoms with Crippen molar-refractivity contribution in [3.63, 3.8) is 0 Å². The van der Waals surface area contributed by atoms with Gasteiger partial charge in [-0.1, -0.05) is 60.2 Å². The number of nitrogens with zero attached hydrogens (tertiary/aromatic N) is 2. The van der Waals surface area contributed by atoms with Crippen molar-refractivity contribution in [1.82, 2.24) is 5.01 Å². The number of para-hydroxylation sites is 1. The summed E-state index contributed by atoms with van der Waals surface area (Å²) in [5, 5.41) is 6.86. The Morgan fingerprint density at radius 2 is 1.67 bits per heavy atom. The molecule has 0 amide bonds. The van der Waals surface area contributed by atoms with Gasteiger partial charge in [-0.05, 0) is 55.0 Å². The molecular formula is C30H23FN2O3. The van der Waals surface area contributed by atoms with Crippen molar-refractivity contribution in [3.8, 4) is 11.5 Å². The Hall–Kier alpha value is -4.45. The lowest BCUT2D eigenvalue weighted by Crippen LogP contribution is -2.33. The number of hydrogen-bond donors (Lipinski definition) is 0. The van der Waals surface area contributed by atoms with Gasteiger partial charge in [-0.15, -0.1) is 0 Å². The average molecular weight is 479 g/mol. The van der Waals surface area contributed by atoms with Crippen molar-refractivity contribution in [2.45, 2.75) is 25.6 Å². The number of halogens is 1. The second-order valence-corrected chi connectivity index (χ2v) is 8.99. The van der Waals surface area contributed by atoms with Crippen LogP contribution in [0.1, 0.15) is 51.3 Å². The summed E-state index contributed by atoms with van der Waals surface area (Å²) in [4.78, 5) is 12.6. The minimum Gasteiger partial charge on any atom is -0.464 e. The van der Waals surface area contributed by atoms with Gasteiger partial charge in [0.1, 0.15) is 17.3 Å². The highest BCUT2D eigenvalue weighted by atomic mass is 19.1. The number of aryl methyl sites for hydroxylation is 1. The van der Waals surface area contributed by atoms with E-state index in [1.165, 1.54) is 12.1 Å². The fourth-order valence-electron chi connectivity index (χ4n) is 4.63. The lowest BCUT2D eigenvalue weighted by molar-refractivity contribution is -0.0190. The van der Waals surface area contributed by atoms with E-state index in [4.69, 9.17) is 14.6 Å². The molecule has 0 N–H and O–H groups in total. The summed E-state index contributed by atoms with van der Waals surface area (Å²) in [6.07, 6.45) is 0.216. The molecule has 2 atom stereocenters. The van der Waals surface area contributed by atoms with E-state index < -0.39 is 12.2 Å². The quantitative estimate of drug-likeness (QED) is 0.245. The van der Waals surface area contributed by atoms with Gasteiger partial charge in [0.05, 0.1) is 17.3 Å². The first-order chi connectivity index (χ1) is 17.5. The largest absolute Gasteiger partial charge is 0.464 e. The molecule has 5 nitrogen and oxygen atoms in total. The van der Waals surface area contributed by atoms with Gasteiger partial charge < -0.3 is 9.47 Å². The molecule has 4 aromatic carbocycles. The van der Waals surface area contributed by atoms with Crippen LogP contribution in [0.2, 0.25) is 0 Å². The van der Waals surface area contributed by atoms with E-state index in [0.717, 1.165) is 33.7 Å². The first-order valence-corrected chi connectivity index (χ1v) is 11.8. The highest BCUT2D eigenvalue weighted by molar-refractivity contribution is 6.02. The number of rotatable bonds is 4. The third kappa shape index (κ3) is 4.11. The third-order valence-corrected chi connectivity index (χ3v) is 6.54. The molecule has 178 valence electrons. The van der Waals surface area contributed by atoms with E-state index >= 15 is 0 Å². The molecule has 2 aliphatic heterocycles. The van der Waals surface area contributed by atoms with Crippen LogP contribution in [0.4, 0.5) is 4.39 Å². The predicted octanol–water partition coefficient (Wildman–Crippen LogP) is 6.60. The Morgan fingerprint density at radius 1 is 0.944 bits per heavy atom. The zero-order valence-corrected chi connectivity index (χ0v) is 19.6. The van der Waals surface area contributed by atoms with E-state index in [-0.39, 0.29) is 11.9 Å². The van der Waals surface area contributed by atoms with Crippen LogP contribution in [0.15, 0.2) is 102 Å². The first-order valence-electron chi connectivity index (χ1n) is 11.8. The number of ether oxygens (including phenoxy) is 2. The summed E-state index contributed by atoms with van der Waals surface area (Å²) in [6, 6.07) is 28.9. The number of hydrogen-bond acceptors (Lipinski definition) is 5. The Balaban J connectivity index is 1.29. The molecule has 0 fully saturated rings. The van der Waals surface area contributed by atoms with Gasteiger partial charge in [-0.3, -0.25) is 0 Å². The average Bonchev–Trinajstić information content (AvgIpc) is 3.36. The number of carbonyl (C=O) groups excluding carboxylic acids is 1. The summed E-state index contributed by atoms with van der Waals surface area (Å²) in [6.45, 7) is 1.98. The second-order valence-electron chi connectivity index (χ2n) is 8.99. The molecule has 0 aliphatic carbocycles. The molecule has 36 heavy (non-hydrogen) atoms. The van der Waals surface area contributed by atoms with Gasteiger partial charge in [0.25, 0.3) is 0 Å². The standard InChI is InChI=1S/C30H23FN2O3/c1-19-6-16-24(17-7-19)35-30(34)22-10-8-21(9-11-22)29-33-27(25-4-2-3-5-28(25)36-29)18-26(32-33)20-12-14-23(31)15-13-20/h2-17,27,29H,18H2,1H3/t27-,29+/m0/s1. The van der Waals surface area contributed by atoms with Gasteiger partial charge >= 0.3 is 5.97 Å². The Kier molecular flexibility index (Phi) is 5.49. The maximum absolute atomic E-state index is 13.5. The van der Waals surface area contributed by atoms with E-state index in [9.17, 15) is 9.18 Å². The first kappa shape index (κ1) is 22.0. The smallest absolute Gasteiger partial charge is 0.343 e. The van der Waals surface area contributed by atoms with Crippen molar-refractivity contribution < 1.29 is 18.7 Å². The lowest BCUT2D eigenvalue weighted by Gasteiger charge is -2.38. The number of carbonyl (C=O) groups is 1. The molecule has 0 saturated heterocycles. The van der Waals surface area contributed by atoms with Crippen LogP contribution < -0.4 is 9.47 Å². The molecule has 0 bridgehead atoms. The molecule has 2 aliphatic rings. The maximum Gasteiger partial charge on any atom is 0.343 e. The van der Waals surface area contributed by atoms with Crippen molar-refractivity contribution >= 4 is 11.7 Å². The highest BCUT2D eigenvalue weighted by Crippen LogP contribution is 2.47. The normalized spacial score (nSPS) is 18.1. The molecule has 0 saturated carbocycles. The number of hydrazone groups is 1. The van der Waals surface area contributed by atoms with Crippen LogP contribution in [0, 0.1) is 12.7 Å². The molecule has 0 spiro atoms. The van der Waals surface area contributed by atoms with E-state index in [1.807, 2.05) is 54.4 Å². The van der Waals surface area contributed by atoms with Gasteiger partial charge in [0.2, 0.25) is 6.23 Å². The Labute approximate surface area is 208 Å². The van der Waals surface area contributed by atoms with Crippen LogP contribution in [-0.4, -0.2) is 16.7 Å². The number of fused-ring (bicyclic) bond motifs is 3. The Morgan fingerprint density at radius 3 is 2.42 bits per heavy atom. The fourth-order valence-corrected chi connectivity index (χ4v) is 4.63. The summed E-state index contributed by atoms with van der Waals surface area (Å²) in [5.41, 5.74) is 5.24. The second kappa shape index (κ2) is 8.96. The van der Waals surface area contributed by atoms with Crippen LogP contribution in [0.3, 0.4) is 0 Å². The van der Waals surface area contributed by atoms with Gasteiger partial charge in [0, 0.05) is 17.5 Å². The van der Waals surface area contributed by atoms with Crippen LogP contribution in [-0.2, 0) is 0 Å². The molecular weight excluding hydrogens is 455 g/mol. The maximum atomic E-state index is 13.5. The zero-order chi connectivity index (χ0) is 24.6. The van der Waals surface area contributed by atoms with Crippen molar-refractivity contribution in [2.75, 3.05) is 0 Å². The molecule has 0 radical (unpaired) electrons. The molecule has 6 heteroatoms. The van der Waals surface area contributed by atoms with Gasteiger partial charge in [-0.2, -0.15) is 5.10 Å². The van der Waals surface area contributed by atoms with E-state index in [2.05, 4.69) is 6.07 Å². The SMILES string of the molecule is Cc1ccc(OC(=O)c2ccc([C@H]3Oc4ccccc4[C@@H]4CC(c5ccc(F)cc5)=NN34)cc2)cc1. The predicted molar refractivity (Wildman–Crippen MR) is 135 cm³/mol. The monoisotopic (exact) mass is 478 g/mol. The molecule has 0 aromatic heterocycles. The van der Waals surface area contributed by atoms with Crippen molar-refractivity contribution in [3.05, 3.63) is 131 Å². The Bertz CT molecular complexity index is 1450. The summed E-state index contributed by atoms with van der Waals surface area (Å²) in [7, 11) is 0. The highest BCUT2D eigenvalue weighted by Gasteiger charge is 2.40. The van der Waals surface area contributed by atoms with Crippen molar-refractivity contribution in [2.24, 2.45) is 5.10 Å².